The summed E-state index contributed by atoms with van der Waals surface area (Å²) in [6, 6.07) is 6.36. The van der Waals surface area contributed by atoms with Crippen LogP contribution in [0.4, 0.5) is 0 Å². The molecule has 2 aromatic rings. The van der Waals surface area contributed by atoms with Crippen molar-refractivity contribution in [2.75, 3.05) is 6.54 Å². The predicted octanol–water partition coefficient (Wildman–Crippen LogP) is 2.62. The van der Waals surface area contributed by atoms with Crippen molar-refractivity contribution in [2.45, 2.75) is 12.3 Å². The summed E-state index contributed by atoms with van der Waals surface area (Å²) in [6.07, 6.45) is 2.69. The monoisotopic (exact) mass is 334 g/mol. The van der Waals surface area contributed by atoms with Gasteiger partial charge in [0, 0.05) is 34.5 Å². The van der Waals surface area contributed by atoms with Crippen molar-refractivity contribution in [2.24, 2.45) is 5.73 Å². The highest BCUT2D eigenvalue weighted by Crippen LogP contribution is 2.33. The Labute approximate surface area is 137 Å². The van der Waals surface area contributed by atoms with Gasteiger partial charge in [0.05, 0.1) is 12.0 Å². The van der Waals surface area contributed by atoms with E-state index in [0.717, 1.165) is 0 Å². The van der Waals surface area contributed by atoms with Crippen LogP contribution in [0.1, 0.15) is 28.3 Å². The lowest BCUT2D eigenvalue weighted by Crippen LogP contribution is -2.16. The number of nitrogens with zero attached hydrogens (tertiary/aromatic N) is 1. The molecule has 7 heteroatoms. The average molecular weight is 335 g/mol. The largest absolute Gasteiger partial charge is 0.481 e. The molecule has 0 spiro atoms. The van der Waals surface area contributed by atoms with Gasteiger partial charge in [-0.25, -0.2) is 4.79 Å². The lowest BCUT2D eigenvalue weighted by Gasteiger charge is -2.16. The first-order chi connectivity index (χ1) is 10.9. The number of carboxylic acid groups (broad SMARTS) is 2. The Balaban J connectivity index is 2.54. The Morgan fingerprint density at radius 1 is 1.22 bits per heavy atom. The number of halogens is 1. The number of pyridine rings is 1. The number of aromatic carboxylic acids is 1. The van der Waals surface area contributed by atoms with Crippen LogP contribution in [0.15, 0.2) is 36.7 Å². The van der Waals surface area contributed by atoms with E-state index >= 15 is 0 Å². The molecule has 0 saturated heterocycles. The number of rotatable bonds is 6. The Morgan fingerprint density at radius 3 is 2.57 bits per heavy atom. The fourth-order valence-corrected chi connectivity index (χ4v) is 2.57. The molecule has 0 aliphatic rings. The average Bonchev–Trinajstić information content (AvgIpc) is 2.53. The lowest BCUT2D eigenvalue weighted by molar-refractivity contribution is -0.137. The van der Waals surface area contributed by atoms with Crippen LogP contribution in [0, 0.1) is 0 Å². The first-order valence-electron chi connectivity index (χ1n) is 6.83. The molecule has 23 heavy (non-hydrogen) atoms. The normalized spacial score (nSPS) is 11.9. The minimum absolute atomic E-state index is 0.0709. The van der Waals surface area contributed by atoms with E-state index in [9.17, 15) is 14.7 Å². The van der Waals surface area contributed by atoms with Crippen molar-refractivity contribution < 1.29 is 19.8 Å². The van der Waals surface area contributed by atoms with Crippen molar-refractivity contribution in [3.05, 3.63) is 52.8 Å². The van der Waals surface area contributed by atoms with Gasteiger partial charge >= 0.3 is 11.9 Å². The molecule has 120 valence electrons. The zero-order chi connectivity index (χ0) is 17.0. The number of nitrogens with two attached hydrogens (primary N) is 1. The van der Waals surface area contributed by atoms with Gasteiger partial charge in [-0.2, -0.15) is 0 Å². The Bertz CT molecular complexity index is 749. The van der Waals surface area contributed by atoms with Crippen LogP contribution in [0.3, 0.4) is 0 Å². The highest BCUT2D eigenvalue weighted by molar-refractivity contribution is 6.33. The summed E-state index contributed by atoms with van der Waals surface area (Å²) < 4.78 is 0. The first-order valence-corrected chi connectivity index (χ1v) is 7.20. The van der Waals surface area contributed by atoms with Gasteiger partial charge < -0.3 is 15.9 Å². The van der Waals surface area contributed by atoms with Crippen LogP contribution in [-0.2, 0) is 4.79 Å². The maximum atomic E-state index is 11.4. The Kier molecular flexibility index (Phi) is 5.31. The molecule has 1 heterocycles. The van der Waals surface area contributed by atoms with Crippen molar-refractivity contribution >= 4 is 23.5 Å². The molecule has 0 aliphatic carbocycles. The quantitative estimate of drug-likeness (QED) is 0.748. The molecule has 2 rings (SSSR count). The topological polar surface area (TPSA) is 114 Å². The van der Waals surface area contributed by atoms with E-state index < -0.39 is 11.9 Å². The number of aromatic nitrogens is 1. The minimum Gasteiger partial charge on any atom is -0.481 e. The highest BCUT2D eigenvalue weighted by Gasteiger charge is 2.18. The SMILES string of the molecule is NC[C@H](CC(=O)O)c1ccc(Cl)c(-c2cnccc2C(=O)O)c1. The van der Waals surface area contributed by atoms with Crippen LogP contribution in [-0.4, -0.2) is 33.7 Å². The summed E-state index contributed by atoms with van der Waals surface area (Å²) in [5.41, 5.74) is 7.27. The van der Waals surface area contributed by atoms with E-state index in [-0.39, 0.29) is 24.4 Å². The fourth-order valence-electron chi connectivity index (χ4n) is 2.35. The van der Waals surface area contributed by atoms with Gasteiger partial charge in [0.25, 0.3) is 0 Å². The van der Waals surface area contributed by atoms with E-state index in [2.05, 4.69) is 4.98 Å². The van der Waals surface area contributed by atoms with Gasteiger partial charge in [-0.15, -0.1) is 0 Å². The number of benzene rings is 1. The van der Waals surface area contributed by atoms with E-state index in [1.807, 2.05) is 0 Å². The third kappa shape index (κ3) is 3.85. The number of hydrogen-bond donors (Lipinski definition) is 3. The third-order valence-corrected chi connectivity index (χ3v) is 3.84. The van der Waals surface area contributed by atoms with Crippen LogP contribution in [0.5, 0.6) is 0 Å². The maximum absolute atomic E-state index is 11.4. The summed E-state index contributed by atoms with van der Waals surface area (Å²) in [5, 5.41) is 18.6. The molecule has 0 amide bonds. The zero-order valence-corrected chi connectivity index (χ0v) is 12.8. The number of aliphatic carboxylic acids is 1. The summed E-state index contributed by atoms with van der Waals surface area (Å²) >= 11 is 6.19. The van der Waals surface area contributed by atoms with Gasteiger partial charge in [-0.3, -0.25) is 9.78 Å². The summed E-state index contributed by atoms with van der Waals surface area (Å²) in [7, 11) is 0. The van der Waals surface area contributed by atoms with Crippen LogP contribution < -0.4 is 5.73 Å². The summed E-state index contributed by atoms with van der Waals surface area (Å²) in [6.45, 7) is 0.159. The van der Waals surface area contributed by atoms with Crippen LogP contribution in [0.2, 0.25) is 5.02 Å². The summed E-state index contributed by atoms with van der Waals surface area (Å²) in [4.78, 5) is 26.2. The van der Waals surface area contributed by atoms with Crippen molar-refractivity contribution in [1.82, 2.24) is 4.98 Å². The van der Waals surface area contributed by atoms with Gasteiger partial charge in [0.2, 0.25) is 0 Å². The summed E-state index contributed by atoms with van der Waals surface area (Å²) in [5.74, 6) is -2.43. The predicted molar refractivity (Wildman–Crippen MR) is 85.7 cm³/mol. The molecule has 1 atom stereocenters. The fraction of sp³-hybridized carbons (Fsp3) is 0.188. The van der Waals surface area contributed by atoms with Gasteiger partial charge in [-0.05, 0) is 30.3 Å². The van der Waals surface area contributed by atoms with Crippen LogP contribution in [0.25, 0.3) is 11.1 Å². The van der Waals surface area contributed by atoms with E-state index in [1.54, 1.807) is 18.2 Å². The smallest absolute Gasteiger partial charge is 0.336 e. The molecule has 0 fully saturated rings. The second-order valence-electron chi connectivity index (χ2n) is 5.00. The van der Waals surface area contributed by atoms with Crippen LogP contribution >= 0.6 is 11.6 Å². The Morgan fingerprint density at radius 2 is 1.96 bits per heavy atom. The van der Waals surface area contributed by atoms with E-state index in [4.69, 9.17) is 22.4 Å². The molecular formula is C16H15ClN2O4. The molecule has 4 N–H and O–H groups in total. The first kappa shape index (κ1) is 16.9. The van der Waals surface area contributed by atoms with Crippen molar-refractivity contribution in [3.63, 3.8) is 0 Å². The van der Waals surface area contributed by atoms with Gasteiger partial charge in [0.1, 0.15) is 0 Å². The Hall–Kier alpha value is -2.44. The molecule has 6 nitrogen and oxygen atoms in total. The molecule has 0 bridgehead atoms. The molecule has 0 radical (unpaired) electrons. The molecule has 0 unspecified atom stereocenters. The third-order valence-electron chi connectivity index (χ3n) is 3.51. The molecule has 0 aliphatic heterocycles. The maximum Gasteiger partial charge on any atom is 0.336 e. The second kappa shape index (κ2) is 7.21. The molecule has 0 saturated carbocycles. The standard InChI is InChI=1S/C16H15ClN2O4/c17-14-2-1-9(10(7-18)6-15(20)21)5-12(14)13-8-19-4-3-11(13)16(22)23/h1-5,8,10H,6-7,18H2,(H,20,21)(H,22,23)/t10-/m0/s1. The number of carboxylic acids is 2. The van der Waals surface area contributed by atoms with Gasteiger partial charge in [0.15, 0.2) is 0 Å². The van der Waals surface area contributed by atoms with E-state index in [1.165, 1.54) is 18.5 Å². The second-order valence-corrected chi connectivity index (χ2v) is 5.40. The molecule has 1 aromatic heterocycles. The lowest BCUT2D eigenvalue weighted by atomic mass is 9.92. The molecule has 1 aromatic carbocycles. The van der Waals surface area contributed by atoms with Crippen molar-refractivity contribution in [1.29, 1.82) is 0 Å². The van der Waals surface area contributed by atoms with Crippen molar-refractivity contribution in [3.8, 4) is 11.1 Å². The van der Waals surface area contributed by atoms with E-state index in [0.29, 0.717) is 21.7 Å². The zero-order valence-electron chi connectivity index (χ0n) is 12.1. The molecular weight excluding hydrogens is 320 g/mol. The number of carbonyl (C=O) groups is 2. The number of hydrogen-bond acceptors (Lipinski definition) is 4. The van der Waals surface area contributed by atoms with Gasteiger partial charge in [-0.1, -0.05) is 17.7 Å². The highest BCUT2D eigenvalue weighted by atomic mass is 35.5. The minimum atomic E-state index is -1.09.